The third-order valence-corrected chi connectivity index (χ3v) is 3.30. The van der Waals surface area contributed by atoms with Crippen molar-refractivity contribution in [3.8, 4) is 0 Å². The van der Waals surface area contributed by atoms with Gasteiger partial charge in [-0.1, -0.05) is 0 Å². The van der Waals surface area contributed by atoms with Crippen LogP contribution < -0.4 is 0 Å². The molecule has 16 heavy (non-hydrogen) atoms. The number of likely N-dealkylation sites (N-methyl/N-ethyl adjacent to an activating group) is 1. The second-order valence-corrected chi connectivity index (χ2v) is 5.46. The molecule has 1 fully saturated rings. The molecule has 1 rings (SSSR count). The highest BCUT2D eigenvalue weighted by Crippen LogP contribution is 2.21. The van der Waals surface area contributed by atoms with Crippen LogP contribution in [-0.2, 0) is 9.53 Å². The van der Waals surface area contributed by atoms with Crippen molar-refractivity contribution >= 4 is 5.97 Å². The molecule has 0 aromatic rings. The summed E-state index contributed by atoms with van der Waals surface area (Å²) in [4.78, 5) is 16.3. The van der Waals surface area contributed by atoms with Crippen molar-refractivity contribution in [1.82, 2.24) is 9.80 Å². The van der Waals surface area contributed by atoms with E-state index >= 15 is 0 Å². The number of esters is 1. The van der Waals surface area contributed by atoms with Gasteiger partial charge in [0, 0.05) is 32.2 Å². The molecule has 0 aliphatic carbocycles. The van der Waals surface area contributed by atoms with E-state index in [0.717, 1.165) is 26.2 Å². The first-order chi connectivity index (χ1) is 7.36. The van der Waals surface area contributed by atoms with Crippen LogP contribution in [0, 0.1) is 5.41 Å². The van der Waals surface area contributed by atoms with Gasteiger partial charge in [0.1, 0.15) is 0 Å². The molecule has 1 unspecified atom stereocenters. The number of piperazine rings is 1. The second-order valence-electron chi connectivity index (χ2n) is 5.46. The van der Waals surface area contributed by atoms with Gasteiger partial charge in [-0.3, -0.25) is 9.69 Å². The molecule has 0 N–H and O–H groups in total. The Morgan fingerprint density at radius 3 is 2.56 bits per heavy atom. The van der Waals surface area contributed by atoms with Crippen LogP contribution >= 0.6 is 0 Å². The number of carbonyl (C=O) groups excluding carboxylic acids is 1. The molecule has 1 heterocycles. The maximum Gasteiger partial charge on any atom is 0.312 e. The smallest absolute Gasteiger partial charge is 0.312 e. The maximum absolute atomic E-state index is 11.6. The molecule has 0 bridgehead atoms. The molecule has 0 spiro atoms. The average Bonchev–Trinajstić information content (AvgIpc) is 2.21. The lowest BCUT2D eigenvalue weighted by Crippen LogP contribution is -2.54. The van der Waals surface area contributed by atoms with E-state index in [1.165, 1.54) is 7.11 Å². The van der Waals surface area contributed by atoms with Gasteiger partial charge in [-0.2, -0.15) is 0 Å². The molecule has 4 nitrogen and oxygen atoms in total. The molecular weight excluding hydrogens is 204 g/mol. The minimum absolute atomic E-state index is 0.126. The first-order valence-electron chi connectivity index (χ1n) is 5.88. The summed E-state index contributed by atoms with van der Waals surface area (Å²) >= 11 is 0. The van der Waals surface area contributed by atoms with Gasteiger partial charge in [-0.25, -0.2) is 0 Å². The summed E-state index contributed by atoms with van der Waals surface area (Å²) in [7, 11) is 3.59. The quantitative estimate of drug-likeness (QED) is 0.670. The Labute approximate surface area is 98.5 Å². The maximum atomic E-state index is 11.6. The van der Waals surface area contributed by atoms with Gasteiger partial charge >= 0.3 is 5.97 Å². The van der Waals surface area contributed by atoms with Crippen LogP contribution in [0.2, 0.25) is 0 Å². The molecule has 94 valence electrons. The van der Waals surface area contributed by atoms with Crippen LogP contribution in [0.1, 0.15) is 20.8 Å². The van der Waals surface area contributed by atoms with Crippen molar-refractivity contribution in [2.75, 3.05) is 40.3 Å². The molecule has 0 aromatic heterocycles. The lowest BCUT2D eigenvalue weighted by molar-refractivity contribution is -0.152. The van der Waals surface area contributed by atoms with E-state index in [9.17, 15) is 4.79 Å². The van der Waals surface area contributed by atoms with Gasteiger partial charge in [-0.15, -0.1) is 0 Å². The normalized spacial score (nSPS) is 24.4. The topological polar surface area (TPSA) is 32.8 Å². The van der Waals surface area contributed by atoms with Crippen LogP contribution in [0.3, 0.4) is 0 Å². The second kappa shape index (κ2) is 5.15. The molecule has 0 saturated carbocycles. The predicted molar refractivity (Wildman–Crippen MR) is 64.3 cm³/mol. The van der Waals surface area contributed by atoms with E-state index < -0.39 is 5.41 Å². The Balaban J connectivity index is 2.56. The lowest BCUT2D eigenvalue weighted by Gasteiger charge is -2.41. The zero-order chi connectivity index (χ0) is 12.3. The summed E-state index contributed by atoms with van der Waals surface area (Å²) in [5.41, 5.74) is -0.418. The average molecular weight is 228 g/mol. The number of rotatable bonds is 3. The number of ether oxygens (including phenoxy) is 1. The van der Waals surface area contributed by atoms with Crippen molar-refractivity contribution in [2.45, 2.75) is 26.8 Å². The Morgan fingerprint density at radius 2 is 2.06 bits per heavy atom. The van der Waals surface area contributed by atoms with Crippen LogP contribution in [0.5, 0.6) is 0 Å². The fourth-order valence-corrected chi connectivity index (χ4v) is 2.26. The third-order valence-electron chi connectivity index (χ3n) is 3.30. The molecular formula is C12H24N2O2. The fraction of sp³-hybridized carbons (Fsp3) is 0.917. The molecule has 1 atom stereocenters. The van der Waals surface area contributed by atoms with Crippen LogP contribution in [-0.4, -0.2) is 62.1 Å². The third kappa shape index (κ3) is 3.19. The van der Waals surface area contributed by atoms with Crippen molar-refractivity contribution in [3.63, 3.8) is 0 Å². The van der Waals surface area contributed by atoms with Crippen molar-refractivity contribution in [2.24, 2.45) is 5.41 Å². The summed E-state index contributed by atoms with van der Waals surface area (Å²) in [6, 6.07) is 0.502. The van der Waals surface area contributed by atoms with Gasteiger partial charge < -0.3 is 9.64 Å². The number of nitrogens with zero attached hydrogens (tertiary/aromatic N) is 2. The van der Waals surface area contributed by atoms with Gasteiger partial charge in [-0.05, 0) is 27.8 Å². The fourth-order valence-electron chi connectivity index (χ4n) is 2.26. The zero-order valence-electron chi connectivity index (χ0n) is 11.1. The van der Waals surface area contributed by atoms with E-state index in [0.29, 0.717) is 6.04 Å². The highest BCUT2D eigenvalue weighted by atomic mass is 16.5. The van der Waals surface area contributed by atoms with E-state index in [-0.39, 0.29) is 5.97 Å². The number of hydrogen-bond donors (Lipinski definition) is 0. The standard InChI is InChI=1S/C12H24N2O2/c1-10-8-13(4)6-7-14(10)9-12(2,3)11(15)16-5/h10H,6-9H2,1-5H3. The van der Waals surface area contributed by atoms with Crippen molar-refractivity contribution in [1.29, 1.82) is 0 Å². The summed E-state index contributed by atoms with van der Waals surface area (Å²) < 4.78 is 4.84. The Kier molecular flexibility index (Phi) is 4.33. The highest BCUT2D eigenvalue weighted by Gasteiger charge is 2.34. The summed E-state index contributed by atoms with van der Waals surface area (Å²) in [6.07, 6.45) is 0. The van der Waals surface area contributed by atoms with Crippen molar-refractivity contribution < 1.29 is 9.53 Å². The molecule has 1 aliphatic rings. The molecule has 0 radical (unpaired) electrons. The van der Waals surface area contributed by atoms with Gasteiger partial charge in [0.05, 0.1) is 12.5 Å². The summed E-state index contributed by atoms with van der Waals surface area (Å²) in [5, 5.41) is 0. The van der Waals surface area contributed by atoms with Crippen molar-refractivity contribution in [3.05, 3.63) is 0 Å². The highest BCUT2D eigenvalue weighted by molar-refractivity contribution is 5.76. The molecule has 1 saturated heterocycles. The van der Waals surface area contributed by atoms with E-state index in [1.807, 2.05) is 13.8 Å². The van der Waals surface area contributed by atoms with Crippen LogP contribution in [0.15, 0.2) is 0 Å². The number of carbonyl (C=O) groups is 1. The summed E-state index contributed by atoms with van der Waals surface area (Å²) in [6.45, 7) is 10.0. The van der Waals surface area contributed by atoms with E-state index in [4.69, 9.17) is 4.74 Å². The first kappa shape index (κ1) is 13.5. The lowest BCUT2D eigenvalue weighted by atomic mass is 9.92. The van der Waals surface area contributed by atoms with Gasteiger partial charge in [0.2, 0.25) is 0 Å². The molecule has 1 aliphatic heterocycles. The van der Waals surface area contributed by atoms with E-state index in [2.05, 4.69) is 23.8 Å². The SMILES string of the molecule is COC(=O)C(C)(C)CN1CCN(C)CC1C. The van der Waals surface area contributed by atoms with Gasteiger partial charge in [0.25, 0.3) is 0 Å². The monoisotopic (exact) mass is 228 g/mol. The van der Waals surface area contributed by atoms with Crippen LogP contribution in [0.4, 0.5) is 0 Å². The summed E-state index contributed by atoms with van der Waals surface area (Å²) in [5.74, 6) is -0.126. The Bertz CT molecular complexity index is 253. The number of methoxy groups -OCH3 is 1. The number of hydrogen-bond acceptors (Lipinski definition) is 4. The largest absolute Gasteiger partial charge is 0.469 e. The van der Waals surface area contributed by atoms with E-state index in [1.54, 1.807) is 0 Å². The van der Waals surface area contributed by atoms with Gasteiger partial charge in [0.15, 0.2) is 0 Å². The van der Waals surface area contributed by atoms with Crippen LogP contribution in [0.25, 0.3) is 0 Å². The predicted octanol–water partition coefficient (Wildman–Crippen LogP) is 0.821. The first-order valence-corrected chi connectivity index (χ1v) is 5.88. The molecule has 0 amide bonds. The Morgan fingerprint density at radius 1 is 1.44 bits per heavy atom. The molecule has 0 aromatic carbocycles. The minimum atomic E-state index is -0.418. The molecule has 4 heteroatoms. The Hall–Kier alpha value is -0.610. The zero-order valence-corrected chi connectivity index (χ0v) is 11.1. The minimum Gasteiger partial charge on any atom is -0.469 e.